The monoisotopic (exact) mass is 375 g/mol. The highest BCUT2D eigenvalue weighted by molar-refractivity contribution is 9.10. The Hall–Kier alpha value is -1.65. The van der Waals surface area contributed by atoms with Gasteiger partial charge in [0.2, 0.25) is 0 Å². The molecule has 2 aromatic carbocycles. The van der Waals surface area contributed by atoms with Gasteiger partial charge >= 0.3 is 0 Å². The number of aryl methyl sites for hydroxylation is 1. The number of nitrogens with one attached hydrogen (secondary N) is 1. The van der Waals surface area contributed by atoms with Crippen molar-refractivity contribution < 1.29 is 10.1 Å². The van der Waals surface area contributed by atoms with Crippen molar-refractivity contribution in [3.05, 3.63) is 64.1 Å². The summed E-state index contributed by atoms with van der Waals surface area (Å²) >= 11 is 3.57. The Kier molecular flexibility index (Phi) is 6.37. The molecule has 0 aromatic heterocycles. The molecule has 0 saturated heterocycles. The van der Waals surface area contributed by atoms with Gasteiger partial charge in [-0.1, -0.05) is 53.2 Å². The van der Waals surface area contributed by atoms with Gasteiger partial charge in [-0.15, -0.1) is 0 Å². The molecule has 4 heteroatoms. The third-order valence-corrected chi connectivity index (χ3v) is 4.74. The Morgan fingerprint density at radius 2 is 1.78 bits per heavy atom. The first-order valence-corrected chi connectivity index (χ1v) is 8.79. The molecule has 2 atom stereocenters. The molecule has 2 aromatic rings. The molecular formula is C19H24BrN2O+. The van der Waals surface area contributed by atoms with E-state index < -0.39 is 0 Å². The van der Waals surface area contributed by atoms with Crippen molar-refractivity contribution in [2.45, 2.75) is 39.3 Å². The Morgan fingerprint density at radius 1 is 1.13 bits per heavy atom. The predicted molar refractivity (Wildman–Crippen MR) is 98.4 cm³/mol. The number of hydrogen-bond acceptors (Lipinski definition) is 1. The Morgan fingerprint density at radius 3 is 2.39 bits per heavy atom. The van der Waals surface area contributed by atoms with Crippen LogP contribution in [0.3, 0.4) is 0 Å². The number of amides is 1. The van der Waals surface area contributed by atoms with Crippen molar-refractivity contribution in [1.82, 2.24) is 0 Å². The second-order valence-electron chi connectivity index (χ2n) is 5.83. The number of benzene rings is 2. The molecule has 3 N–H and O–H groups in total. The average Bonchev–Trinajstić information content (AvgIpc) is 2.55. The molecule has 0 aliphatic carbocycles. The fourth-order valence-corrected chi connectivity index (χ4v) is 3.19. The summed E-state index contributed by atoms with van der Waals surface area (Å²) in [5.41, 5.74) is 3.31. The normalized spacial score (nSPS) is 13.4. The summed E-state index contributed by atoms with van der Waals surface area (Å²) in [5.74, 6) is 0.0214. The van der Waals surface area contributed by atoms with E-state index in [1.807, 2.05) is 49.4 Å². The number of carbonyl (C=O) groups is 1. The number of carbonyl (C=O) groups excluding carboxylic acids is 1. The standard InChI is InChI=1S/C19H23BrN2O/c1-4-15-9-11-16(12-10-15)22-19(23)14(3)21-13(2)17-7-5-6-8-18(17)20/h5-14,21H,4H2,1-3H3,(H,22,23)/p+1/t13-,14-/m0/s1. The lowest BCUT2D eigenvalue weighted by atomic mass is 10.1. The minimum absolute atomic E-state index is 0.0214. The third-order valence-electron chi connectivity index (χ3n) is 4.02. The van der Waals surface area contributed by atoms with Crippen LogP contribution >= 0.6 is 15.9 Å². The Bertz CT molecular complexity index is 655. The number of nitrogens with two attached hydrogens (primary N) is 1. The zero-order chi connectivity index (χ0) is 16.8. The SMILES string of the molecule is CCc1ccc(NC(=O)[C@H](C)[NH2+][C@@H](C)c2ccccc2Br)cc1. The summed E-state index contributed by atoms with van der Waals surface area (Å²) in [7, 11) is 0. The summed E-state index contributed by atoms with van der Waals surface area (Å²) in [6.07, 6.45) is 1.00. The summed E-state index contributed by atoms with van der Waals surface area (Å²) in [6, 6.07) is 16.2. The molecule has 0 unspecified atom stereocenters. The fourth-order valence-electron chi connectivity index (χ4n) is 2.55. The molecule has 0 bridgehead atoms. The van der Waals surface area contributed by atoms with E-state index in [1.54, 1.807) is 0 Å². The van der Waals surface area contributed by atoms with E-state index in [0.29, 0.717) is 0 Å². The Balaban J connectivity index is 1.95. The van der Waals surface area contributed by atoms with Gasteiger partial charge in [0.25, 0.3) is 5.91 Å². The molecule has 0 heterocycles. The first kappa shape index (κ1) is 17.7. The van der Waals surface area contributed by atoms with Crippen molar-refractivity contribution >= 4 is 27.5 Å². The summed E-state index contributed by atoms with van der Waals surface area (Å²) < 4.78 is 1.08. The second-order valence-corrected chi connectivity index (χ2v) is 6.69. The van der Waals surface area contributed by atoms with Crippen molar-refractivity contribution in [1.29, 1.82) is 0 Å². The fraction of sp³-hybridized carbons (Fsp3) is 0.316. The molecule has 2 rings (SSSR count). The van der Waals surface area contributed by atoms with Crippen molar-refractivity contribution in [3.63, 3.8) is 0 Å². The van der Waals surface area contributed by atoms with Crippen LogP contribution in [0.4, 0.5) is 5.69 Å². The number of anilines is 1. The maximum atomic E-state index is 12.4. The molecule has 1 amide bonds. The third kappa shape index (κ3) is 4.91. The first-order chi connectivity index (χ1) is 11.0. The van der Waals surface area contributed by atoms with Crippen LogP contribution in [0.15, 0.2) is 53.0 Å². The van der Waals surface area contributed by atoms with Crippen LogP contribution in [-0.4, -0.2) is 11.9 Å². The number of halogens is 1. The maximum Gasteiger partial charge on any atom is 0.282 e. The largest absolute Gasteiger partial charge is 0.330 e. The van der Waals surface area contributed by atoms with E-state index in [0.717, 1.165) is 16.6 Å². The summed E-state index contributed by atoms with van der Waals surface area (Å²) in [5, 5.41) is 5.06. The van der Waals surface area contributed by atoms with Gasteiger partial charge in [0.1, 0.15) is 6.04 Å². The van der Waals surface area contributed by atoms with E-state index >= 15 is 0 Å². The molecule has 0 spiro atoms. The molecule has 0 aliphatic rings. The van der Waals surface area contributed by atoms with Crippen LogP contribution in [0.2, 0.25) is 0 Å². The lowest BCUT2D eigenvalue weighted by Crippen LogP contribution is -2.91. The van der Waals surface area contributed by atoms with E-state index in [2.05, 4.69) is 46.5 Å². The quantitative estimate of drug-likeness (QED) is 0.794. The van der Waals surface area contributed by atoms with Crippen molar-refractivity contribution in [2.75, 3.05) is 5.32 Å². The van der Waals surface area contributed by atoms with E-state index in [4.69, 9.17) is 0 Å². The highest BCUT2D eigenvalue weighted by atomic mass is 79.9. The van der Waals surface area contributed by atoms with Gasteiger partial charge < -0.3 is 10.6 Å². The van der Waals surface area contributed by atoms with Crippen molar-refractivity contribution in [2.24, 2.45) is 0 Å². The molecule has 0 saturated carbocycles. The summed E-state index contributed by atoms with van der Waals surface area (Å²) in [4.78, 5) is 12.4. The molecular weight excluding hydrogens is 352 g/mol. The van der Waals surface area contributed by atoms with Crippen molar-refractivity contribution in [3.8, 4) is 0 Å². The van der Waals surface area contributed by atoms with Crippen LogP contribution in [0, 0.1) is 0 Å². The van der Waals surface area contributed by atoms with Gasteiger partial charge in [-0.25, -0.2) is 0 Å². The van der Waals surface area contributed by atoms with E-state index in [1.165, 1.54) is 11.1 Å². The molecule has 0 fully saturated rings. The van der Waals surface area contributed by atoms with E-state index in [-0.39, 0.29) is 18.0 Å². The van der Waals surface area contributed by atoms with Gasteiger partial charge in [0.15, 0.2) is 6.04 Å². The van der Waals surface area contributed by atoms with Crippen LogP contribution in [0.1, 0.15) is 37.9 Å². The van der Waals surface area contributed by atoms with Crippen LogP contribution < -0.4 is 10.6 Å². The average molecular weight is 376 g/mol. The summed E-state index contributed by atoms with van der Waals surface area (Å²) in [6.45, 7) is 6.16. The van der Waals surface area contributed by atoms with Gasteiger partial charge in [-0.2, -0.15) is 0 Å². The van der Waals surface area contributed by atoms with Crippen LogP contribution in [0.25, 0.3) is 0 Å². The molecule has 0 aliphatic heterocycles. The van der Waals surface area contributed by atoms with Gasteiger partial charge in [-0.3, -0.25) is 4.79 Å². The minimum atomic E-state index is -0.164. The predicted octanol–water partition coefficient (Wildman–Crippen LogP) is 3.66. The molecule has 122 valence electrons. The van der Waals surface area contributed by atoms with Gasteiger partial charge in [0, 0.05) is 15.7 Å². The van der Waals surface area contributed by atoms with Gasteiger partial charge in [0.05, 0.1) is 0 Å². The lowest BCUT2D eigenvalue weighted by Gasteiger charge is -2.18. The molecule has 3 nitrogen and oxygen atoms in total. The van der Waals surface area contributed by atoms with Crippen LogP contribution in [0.5, 0.6) is 0 Å². The zero-order valence-corrected chi connectivity index (χ0v) is 15.4. The molecule has 0 radical (unpaired) electrons. The highest BCUT2D eigenvalue weighted by Gasteiger charge is 2.21. The minimum Gasteiger partial charge on any atom is -0.330 e. The first-order valence-electron chi connectivity index (χ1n) is 8.00. The second kappa shape index (κ2) is 8.27. The van der Waals surface area contributed by atoms with E-state index in [9.17, 15) is 4.79 Å². The zero-order valence-electron chi connectivity index (χ0n) is 13.8. The Labute approximate surface area is 146 Å². The number of rotatable bonds is 6. The smallest absolute Gasteiger partial charge is 0.282 e. The highest BCUT2D eigenvalue weighted by Crippen LogP contribution is 2.20. The lowest BCUT2D eigenvalue weighted by molar-refractivity contribution is -0.709. The topological polar surface area (TPSA) is 45.7 Å². The number of quaternary nitrogens is 1. The van der Waals surface area contributed by atoms with Crippen LogP contribution in [-0.2, 0) is 11.2 Å². The van der Waals surface area contributed by atoms with Gasteiger partial charge in [-0.05, 0) is 44.0 Å². The molecule has 23 heavy (non-hydrogen) atoms. The maximum absolute atomic E-state index is 12.4. The number of hydrogen-bond donors (Lipinski definition) is 2.